The molecule has 0 spiro atoms. The normalized spacial score (nSPS) is 16.9. The molecule has 2 aliphatic heterocycles. The van der Waals surface area contributed by atoms with Gasteiger partial charge in [0.25, 0.3) is 0 Å². The minimum atomic E-state index is -0.896. The van der Waals surface area contributed by atoms with Gasteiger partial charge in [-0.15, -0.1) is 11.3 Å². The molecule has 2 fully saturated rings. The maximum absolute atomic E-state index is 14.2. The first-order valence-corrected chi connectivity index (χ1v) is 25.4. The Kier molecular flexibility index (Phi) is 17.5. The molecule has 0 saturated carbocycles. The van der Waals surface area contributed by atoms with Crippen LogP contribution in [-0.4, -0.2) is 132 Å². The van der Waals surface area contributed by atoms with Crippen LogP contribution in [0.5, 0.6) is 11.5 Å². The number of carbonyl (C=O) groups excluding carboxylic acids is 4. The molecule has 0 aliphatic carbocycles. The van der Waals surface area contributed by atoms with Crippen molar-refractivity contribution in [1.29, 1.82) is 0 Å². The van der Waals surface area contributed by atoms with Crippen LogP contribution in [0, 0.1) is 12.3 Å². The molecule has 18 nitrogen and oxygen atoms in total. The van der Waals surface area contributed by atoms with Crippen LogP contribution in [0.1, 0.15) is 64.3 Å². The van der Waals surface area contributed by atoms with Crippen LogP contribution in [0.25, 0.3) is 10.4 Å². The van der Waals surface area contributed by atoms with Crippen molar-refractivity contribution in [1.82, 2.24) is 35.4 Å². The number of urea groups is 1. The first kappa shape index (κ1) is 53.5. The lowest BCUT2D eigenvalue weighted by atomic mass is 9.85. The number of nitrogens with zero attached hydrogens (tertiary/aromatic N) is 7. The number of hydrogen-bond acceptors (Lipinski definition) is 14. The minimum absolute atomic E-state index is 0.00634. The lowest BCUT2D eigenvalue weighted by Gasteiger charge is -2.36. The molecule has 72 heavy (non-hydrogen) atoms. The van der Waals surface area contributed by atoms with Crippen molar-refractivity contribution < 1.29 is 33.8 Å². The second-order valence-corrected chi connectivity index (χ2v) is 20.6. The van der Waals surface area contributed by atoms with Gasteiger partial charge in [0.15, 0.2) is 0 Å². The van der Waals surface area contributed by atoms with Gasteiger partial charge in [-0.3, -0.25) is 24.2 Å². The maximum Gasteiger partial charge on any atom is 0.327 e. The molecule has 3 aromatic carbocycles. The van der Waals surface area contributed by atoms with Crippen LogP contribution in [0.4, 0.5) is 33.5 Å². The maximum atomic E-state index is 14.2. The fourth-order valence-corrected chi connectivity index (χ4v) is 10.1. The number of ether oxygens (including phenoxy) is 2. The van der Waals surface area contributed by atoms with Gasteiger partial charge in [-0.1, -0.05) is 68.2 Å². The van der Waals surface area contributed by atoms with E-state index in [1.54, 1.807) is 24.5 Å². The van der Waals surface area contributed by atoms with Gasteiger partial charge >= 0.3 is 6.03 Å². The molecule has 0 bridgehead atoms. The smallest absolute Gasteiger partial charge is 0.327 e. The highest BCUT2D eigenvalue weighted by atomic mass is 35.5. The molecule has 4 heterocycles. The Labute approximate surface area is 434 Å². The van der Waals surface area contributed by atoms with Crippen molar-refractivity contribution in [3.63, 3.8) is 0 Å². The van der Waals surface area contributed by atoms with Crippen LogP contribution in [0.15, 0.2) is 72.5 Å². The Bertz CT molecular complexity index is 2690. The van der Waals surface area contributed by atoms with Crippen molar-refractivity contribution in [2.45, 2.75) is 78.1 Å². The summed E-state index contributed by atoms with van der Waals surface area (Å²) in [6.07, 6.45) is 1.45. The van der Waals surface area contributed by atoms with Gasteiger partial charge in [-0.25, -0.2) is 19.7 Å². The molecule has 5 aromatic rings. The molecular weight excluding hydrogens is 982 g/mol. The molecule has 384 valence electrons. The van der Waals surface area contributed by atoms with Crippen LogP contribution >= 0.6 is 34.5 Å². The molecule has 21 heteroatoms. The number of nitrogens with one attached hydrogen (secondary N) is 4. The number of hydrogen-bond donors (Lipinski definition) is 5. The summed E-state index contributed by atoms with van der Waals surface area (Å²) < 4.78 is 10.6. The van der Waals surface area contributed by atoms with Crippen molar-refractivity contribution >= 4 is 87.0 Å². The molecule has 5 N–H and O–H groups in total. The molecule has 2 saturated heterocycles. The quantitative estimate of drug-likeness (QED) is 0.0601. The third-order valence-electron chi connectivity index (χ3n) is 12.9. The van der Waals surface area contributed by atoms with E-state index in [1.165, 1.54) is 36.4 Å². The number of aliphatic hydroxyl groups is 1. The number of rotatable bonds is 17. The van der Waals surface area contributed by atoms with E-state index in [0.29, 0.717) is 18.1 Å². The SMILES string of the molecule is COc1cc(OC)c(Cl)c(NC(=O)N(C)c2cc(Nc3ccc(N4CCN(CCCC(=O)N[C@H](C(=O)N5C[C@H](O)C[C@H]5C(=O)N[C@@H](C)c5ccc(-c6scnc6C)cc5)C(C)(C)C)CC4)cc3)ncn2)c1Cl. The second-order valence-electron chi connectivity index (χ2n) is 19.0. The standard InChI is InChI=1S/C51H63Cl2N11O7S/c1-30(32-11-13-33(14-12-32)46-31(2)56-29-72-46)57-48(67)37-24-36(65)27-64(37)49(68)47(51(3,4)5)59-42(66)10-9-19-62-20-22-63(23-21-62)35-17-15-34(16-18-35)58-40-26-41(55-28-54-40)61(6)50(69)60-45-43(52)38(70-7)25-39(71-8)44(45)53/h11-18,25-26,28-30,36-37,47,65H,9-10,19-24,27H2,1-8H3,(H,57,67)(H,59,66)(H,60,69)(H,54,55,58)/t30-,36+,37-,47+/m0/s1. The molecule has 2 aromatic heterocycles. The number of benzene rings is 3. The Hall–Kier alpha value is -6.25. The van der Waals surface area contributed by atoms with Gasteiger partial charge in [0.05, 0.1) is 48.1 Å². The summed E-state index contributed by atoms with van der Waals surface area (Å²) in [4.78, 5) is 76.1. The number of anilines is 5. The number of aryl methyl sites for hydroxylation is 1. The summed E-state index contributed by atoms with van der Waals surface area (Å²) in [6.45, 7) is 13.5. The summed E-state index contributed by atoms with van der Waals surface area (Å²) in [6, 6.07) is 16.5. The van der Waals surface area contributed by atoms with E-state index in [4.69, 9.17) is 32.7 Å². The zero-order chi connectivity index (χ0) is 51.9. The Morgan fingerprint density at radius 3 is 2.19 bits per heavy atom. The summed E-state index contributed by atoms with van der Waals surface area (Å²) in [5.74, 6) is 0.376. The number of piperazine rings is 1. The van der Waals surface area contributed by atoms with E-state index in [1.807, 2.05) is 88.7 Å². The minimum Gasteiger partial charge on any atom is -0.495 e. The molecule has 5 amide bonds. The Morgan fingerprint density at radius 1 is 0.917 bits per heavy atom. The van der Waals surface area contributed by atoms with E-state index >= 15 is 0 Å². The number of amides is 5. The molecule has 0 radical (unpaired) electrons. The number of carbonyl (C=O) groups is 4. The van der Waals surface area contributed by atoms with E-state index in [2.05, 4.69) is 46.0 Å². The average molecular weight is 1050 g/mol. The summed E-state index contributed by atoms with van der Waals surface area (Å²) in [5.41, 5.74) is 6.08. The molecule has 7 rings (SSSR count). The number of methoxy groups -OCH3 is 2. The third kappa shape index (κ3) is 12.9. The first-order chi connectivity index (χ1) is 34.3. The number of aromatic nitrogens is 3. The van der Waals surface area contributed by atoms with Crippen molar-refractivity contribution in [3.05, 3.63) is 93.8 Å². The lowest BCUT2D eigenvalue weighted by molar-refractivity contribution is -0.144. The van der Waals surface area contributed by atoms with E-state index in [-0.39, 0.29) is 70.4 Å². The monoisotopic (exact) mass is 1040 g/mol. The zero-order valence-electron chi connectivity index (χ0n) is 41.8. The van der Waals surface area contributed by atoms with Crippen molar-refractivity contribution in [2.24, 2.45) is 5.41 Å². The molecule has 2 aliphatic rings. The van der Waals surface area contributed by atoms with E-state index in [0.717, 1.165) is 65.8 Å². The third-order valence-corrected chi connectivity index (χ3v) is 14.7. The van der Waals surface area contributed by atoms with Crippen LogP contribution in [0.2, 0.25) is 10.0 Å². The van der Waals surface area contributed by atoms with Gasteiger partial charge in [0.2, 0.25) is 17.7 Å². The van der Waals surface area contributed by atoms with Crippen LogP contribution in [0.3, 0.4) is 0 Å². The average Bonchev–Trinajstić information content (AvgIpc) is 3.99. The predicted molar refractivity (Wildman–Crippen MR) is 283 cm³/mol. The second kappa shape index (κ2) is 23.5. The lowest BCUT2D eigenvalue weighted by Crippen LogP contribution is -2.57. The fourth-order valence-electron chi connectivity index (χ4n) is 8.73. The highest BCUT2D eigenvalue weighted by Gasteiger charge is 2.44. The number of thiazole rings is 1. The number of halogens is 2. The largest absolute Gasteiger partial charge is 0.495 e. The fraction of sp³-hybridized carbons (Fsp3) is 0.431. The molecular formula is C51H63Cl2N11O7S. The van der Waals surface area contributed by atoms with Crippen molar-refractivity contribution in [2.75, 3.05) is 81.0 Å². The number of aliphatic hydroxyl groups excluding tert-OH is 1. The van der Waals surface area contributed by atoms with Crippen LogP contribution < -0.4 is 40.5 Å². The van der Waals surface area contributed by atoms with Crippen LogP contribution in [-0.2, 0) is 14.4 Å². The number of β-amino-alcohol motifs (C(OH)–C–C–N with tert-alkyl or cyclic N) is 1. The highest BCUT2D eigenvalue weighted by Crippen LogP contribution is 2.44. The molecule has 0 unspecified atom stereocenters. The van der Waals surface area contributed by atoms with Gasteiger partial charge in [-0.05, 0) is 67.6 Å². The Morgan fingerprint density at radius 2 is 1.58 bits per heavy atom. The number of likely N-dealkylation sites (tertiary alicyclic amines) is 1. The molecule has 4 atom stereocenters. The van der Waals surface area contributed by atoms with Gasteiger partial charge in [0.1, 0.15) is 51.6 Å². The van der Waals surface area contributed by atoms with E-state index in [9.17, 15) is 24.3 Å². The summed E-state index contributed by atoms with van der Waals surface area (Å²) >= 11 is 14.5. The topological polar surface area (TPSA) is 207 Å². The highest BCUT2D eigenvalue weighted by molar-refractivity contribution is 7.13. The summed E-state index contributed by atoms with van der Waals surface area (Å²) in [5, 5.41) is 23.0. The van der Waals surface area contributed by atoms with Crippen molar-refractivity contribution in [3.8, 4) is 21.9 Å². The zero-order valence-corrected chi connectivity index (χ0v) is 44.1. The van der Waals surface area contributed by atoms with Gasteiger partial charge in [-0.2, -0.15) is 0 Å². The summed E-state index contributed by atoms with van der Waals surface area (Å²) in [7, 11) is 4.44. The van der Waals surface area contributed by atoms with Gasteiger partial charge in [0, 0.05) is 76.1 Å². The first-order valence-electron chi connectivity index (χ1n) is 23.7. The van der Waals surface area contributed by atoms with E-state index < -0.39 is 29.6 Å². The van der Waals surface area contributed by atoms with Gasteiger partial charge < -0.3 is 45.6 Å². The Balaban J connectivity index is 0.854. The predicted octanol–water partition coefficient (Wildman–Crippen LogP) is 7.92.